The summed E-state index contributed by atoms with van der Waals surface area (Å²) in [6, 6.07) is 9.79. The molecule has 1 aromatic carbocycles. The lowest BCUT2D eigenvalue weighted by Gasteiger charge is -2.21. The van der Waals surface area contributed by atoms with Crippen molar-refractivity contribution in [3.63, 3.8) is 0 Å². The van der Waals surface area contributed by atoms with E-state index in [4.69, 9.17) is 9.15 Å². The molecule has 0 radical (unpaired) electrons. The van der Waals surface area contributed by atoms with Crippen LogP contribution in [0.3, 0.4) is 0 Å². The van der Waals surface area contributed by atoms with E-state index in [1.54, 1.807) is 11.8 Å². The van der Waals surface area contributed by atoms with E-state index in [-0.39, 0.29) is 6.10 Å². The fourth-order valence-corrected chi connectivity index (χ4v) is 2.68. The zero-order valence-electron chi connectivity index (χ0n) is 11.5. The fraction of sp³-hybridized carbons (Fsp3) is 0.429. The van der Waals surface area contributed by atoms with Gasteiger partial charge in [0.1, 0.15) is 5.75 Å². The third-order valence-electron chi connectivity index (χ3n) is 2.96. The van der Waals surface area contributed by atoms with E-state index in [2.05, 4.69) is 24.0 Å². The zero-order valence-corrected chi connectivity index (χ0v) is 12.4. The minimum Gasteiger partial charge on any atom is -0.490 e. The van der Waals surface area contributed by atoms with Gasteiger partial charge in [0, 0.05) is 5.92 Å². The molecule has 2 atom stereocenters. The van der Waals surface area contributed by atoms with Gasteiger partial charge >= 0.3 is 5.76 Å². The summed E-state index contributed by atoms with van der Waals surface area (Å²) in [5.41, 5.74) is 0. The third-order valence-corrected chi connectivity index (χ3v) is 4.17. The third kappa shape index (κ3) is 4.45. The molecular formula is C14H18N2O3S. The SMILES string of the molecule is CC(CSCc1n[nH]c(=O)o1)C(C)Oc1ccccc1. The van der Waals surface area contributed by atoms with Crippen LogP contribution in [0.15, 0.2) is 39.5 Å². The maximum atomic E-state index is 10.8. The normalized spacial score (nSPS) is 13.9. The van der Waals surface area contributed by atoms with Crippen LogP contribution in [0, 0.1) is 5.92 Å². The molecule has 0 aliphatic heterocycles. The first kappa shape index (κ1) is 14.7. The van der Waals surface area contributed by atoms with Crippen molar-refractivity contribution < 1.29 is 9.15 Å². The second-order valence-corrected chi connectivity index (χ2v) is 5.67. The molecule has 5 nitrogen and oxygen atoms in total. The highest BCUT2D eigenvalue weighted by Gasteiger charge is 2.14. The summed E-state index contributed by atoms with van der Waals surface area (Å²) in [5.74, 6) is 2.69. The molecule has 20 heavy (non-hydrogen) atoms. The highest BCUT2D eigenvalue weighted by Crippen LogP contribution is 2.20. The van der Waals surface area contributed by atoms with Crippen LogP contribution in [0.5, 0.6) is 5.75 Å². The van der Waals surface area contributed by atoms with Gasteiger partial charge < -0.3 is 9.15 Å². The molecule has 6 heteroatoms. The van der Waals surface area contributed by atoms with Crippen LogP contribution in [-0.2, 0) is 5.75 Å². The Hall–Kier alpha value is -1.69. The molecule has 0 bridgehead atoms. The Bertz CT molecular complexity index is 567. The molecule has 2 rings (SSSR count). The van der Waals surface area contributed by atoms with Crippen LogP contribution < -0.4 is 10.5 Å². The number of nitrogens with one attached hydrogen (secondary N) is 1. The molecule has 0 spiro atoms. The lowest BCUT2D eigenvalue weighted by Crippen LogP contribution is -2.23. The molecule has 108 valence electrons. The number of hydrogen-bond donors (Lipinski definition) is 1. The summed E-state index contributed by atoms with van der Waals surface area (Å²) in [6.45, 7) is 4.20. The highest BCUT2D eigenvalue weighted by molar-refractivity contribution is 7.98. The first-order valence-corrected chi connectivity index (χ1v) is 7.64. The van der Waals surface area contributed by atoms with E-state index < -0.39 is 5.76 Å². The summed E-state index contributed by atoms with van der Waals surface area (Å²) >= 11 is 1.67. The number of aromatic nitrogens is 2. The Morgan fingerprint density at radius 3 is 2.75 bits per heavy atom. The Labute approximate surface area is 121 Å². The predicted molar refractivity (Wildman–Crippen MR) is 79.0 cm³/mol. The predicted octanol–water partition coefficient (Wildman–Crippen LogP) is 2.70. The highest BCUT2D eigenvalue weighted by atomic mass is 32.2. The average molecular weight is 294 g/mol. The summed E-state index contributed by atoms with van der Waals surface area (Å²) in [5, 5.41) is 6.02. The van der Waals surface area contributed by atoms with Gasteiger partial charge in [0.05, 0.1) is 11.9 Å². The van der Waals surface area contributed by atoms with Crippen molar-refractivity contribution in [2.45, 2.75) is 25.7 Å². The van der Waals surface area contributed by atoms with Crippen molar-refractivity contribution in [2.24, 2.45) is 5.92 Å². The van der Waals surface area contributed by atoms with Crippen molar-refractivity contribution >= 4 is 11.8 Å². The van der Waals surface area contributed by atoms with E-state index in [1.807, 2.05) is 30.3 Å². The number of rotatable bonds is 7. The Balaban J connectivity index is 1.73. The van der Waals surface area contributed by atoms with Crippen molar-refractivity contribution in [1.29, 1.82) is 0 Å². The average Bonchev–Trinajstić information content (AvgIpc) is 2.85. The Kier molecular flexibility index (Phi) is 5.29. The number of nitrogens with zero attached hydrogens (tertiary/aromatic N) is 1. The van der Waals surface area contributed by atoms with Gasteiger partial charge in [-0.1, -0.05) is 25.1 Å². The minimum atomic E-state index is -0.505. The number of H-pyrrole nitrogens is 1. The van der Waals surface area contributed by atoms with Gasteiger partial charge in [-0.25, -0.2) is 9.89 Å². The molecule has 0 saturated carbocycles. The molecule has 1 N–H and O–H groups in total. The van der Waals surface area contributed by atoms with Crippen LogP contribution >= 0.6 is 11.8 Å². The maximum absolute atomic E-state index is 10.8. The summed E-state index contributed by atoms with van der Waals surface area (Å²) in [7, 11) is 0. The molecule has 0 aliphatic carbocycles. The van der Waals surface area contributed by atoms with Crippen molar-refractivity contribution in [3.05, 3.63) is 46.8 Å². The number of hydrogen-bond acceptors (Lipinski definition) is 5. The van der Waals surface area contributed by atoms with Gasteiger partial charge in [-0.3, -0.25) is 0 Å². The summed E-state index contributed by atoms with van der Waals surface area (Å²) in [4.78, 5) is 10.8. The van der Waals surface area contributed by atoms with E-state index >= 15 is 0 Å². The van der Waals surface area contributed by atoms with Crippen molar-refractivity contribution in [3.8, 4) is 5.75 Å². The molecule has 0 saturated heterocycles. The van der Waals surface area contributed by atoms with Gasteiger partial charge in [0.15, 0.2) is 0 Å². The van der Waals surface area contributed by atoms with Crippen molar-refractivity contribution in [1.82, 2.24) is 10.2 Å². The van der Waals surface area contributed by atoms with Crippen LogP contribution in [-0.4, -0.2) is 22.1 Å². The first-order chi connectivity index (χ1) is 9.65. The van der Waals surface area contributed by atoms with Crippen LogP contribution in [0.4, 0.5) is 0 Å². The number of ether oxygens (including phenoxy) is 1. The van der Waals surface area contributed by atoms with E-state index in [1.165, 1.54) is 0 Å². The number of aromatic amines is 1. The Morgan fingerprint density at radius 1 is 1.35 bits per heavy atom. The summed E-state index contributed by atoms with van der Waals surface area (Å²) in [6.07, 6.45) is 0.121. The fourth-order valence-electron chi connectivity index (χ4n) is 1.62. The van der Waals surface area contributed by atoms with Gasteiger partial charge in [-0.05, 0) is 24.8 Å². The molecule has 1 aromatic heterocycles. The quantitative estimate of drug-likeness (QED) is 0.850. The minimum absolute atomic E-state index is 0.121. The molecule has 0 amide bonds. The molecule has 1 heterocycles. The molecule has 0 aliphatic rings. The number of thioether (sulfide) groups is 1. The topological polar surface area (TPSA) is 68.1 Å². The molecule has 0 fully saturated rings. The molecule has 2 unspecified atom stereocenters. The summed E-state index contributed by atoms with van der Waals surface area (Å²) < 4.78 is 10.7. The monoisotopic (exact) mass is 294 g/mol. The van der Waals surface area contributed by atoms with E-state index in [0.717, 1.165) is 11.5 Å². The lowest BCUT2D eigenvalue weighted by atomic mass is 10.1. The number of para-hydroxylation sites is 1. The van der Waals surface area contributed by atoms with E-state index in [9.17, 15) is 4.79 Å². The molecular weight excluding hydrogens is 276 g/mol. The van der Waals surface area contributed by atoms with Gasteiger partial charge in [-0.2, -0.15) is 11.8 Å². The van der Waals surface area contributed by atoms with Crippen molar-refractivity contribution in [2.75, 3.05) is 5.75 Å². The first-order valence-electron chi connectivity index (χ1n) is 6.49. The second kappa shape index (κ2) is 7.19. The van der Waals surface area contributed by atoms with Crippen LogP contribution in [0.2, 0.25) is 0 Å². The standard InChI is InChI=1S/C14H18N2O3S/c1-10(8-20-9-13-15-16-14(17)19-13)11(2)18-12-6-4-3-5-7-12/h3-7,10-11H,8-9H2,1-2H3,(H,16,17). The molecule has 2 aromatic rings. The Morgan fingerprint density at radius 2 is 2.10 bits per heavy atom. The largest absolute Gasteiger partial charge is 0.490 e. The van der Waals surface area contributed by atoms with Gasteiger partial charge in [0.2, 0.25) is 5.89 Å². The van der Waals surface area contributed by atoms with Crippen LogP contribution in [0.1, 0.15) is 19.7 Å². The smallest absolute Gasteiger partial charge is 0.434 e. The maximum Gasteiger partial charge on any atom is 0.434 e. The number of benzene rings is 1. The lowest BCUT2D eigenvalue weighted by molar-refractivity contribution is 0.172. The van der Waals surface area contributed by atoms with Gasteiger partial charge in [0.25, 0.3) is 0 Å². The van der Waals surface area contributed by atoms with Gasteiger partial charge in [-0.15, -0.1) is 5.10 Å². The van der Waals surface area contributed by atoms with E-state index in [0.29, 0.717) is 17.6 Å². The second-order valence-electron chi connectivity index (χ2n) is 4.64. The van der Waals surface area contributed by atoms with Crippen LogP contribution in [0.25, 0.3) is 0 Å². The zero-order chi connectivity index (χ0) is 14.4.